The number of amides is 2. The average molecular weight is 369 g/mol. The molecule has 0 aliphatic carbocycles. The Morgan fingerprint density at radius 3 is 2.35 bits per heavy atom. The molecule has 6 heteroatoms. The molecule has 2 aromatic rings. The molecule has 134 valence electrons. The monoisotopic (exact) mass is 369 g/mol. The summed E-state index contributed by atoms with van der Waals surface area (Å²) in [5.74, 6) is 1.13. The summed E-state index contributed by atoms with van der Waals surface area (Å²) in [6, 6.07) is 13.4. The van der Waals surface area contributed by atoms with Crippen molar-refractivity contribution < 1.29 is 19.1 Å². The van der Waals surface area contributed by atoms with E-state index >= 15 is 0 Å². The van der Waals surface area contributed by atoms with Gasteiger partial charge in [-0.15, -0.1) is 0 Å². The van der Waals surface area contributed by atoms with Gasteiger partial charge in [-0.1, -0.05) is 36.4 Å². The van der Waals surface area contributed by atoms with Gasteiger partial charge in [0, 0.05) is 5.56 Å². The third-order valence-corrected chi connectivity index (χ3v) is 4.65. The largest absolute Gasteiger partial charge is 0.489 e. The van der Waals surface area contributed by atoms with Gasteiger partial charge in [-0.25, -0.2) is 0 Å². The van der Waals surface area contributed by atoms with Gasteiger partial charge in [-0.2, -0.15) is 0 Å². The number of carbonyl (C=O) groups excluding carboxylic acids is 2. The normalized spacial score (nSPS) is 15.2. The third-order valence-electron chi connectivity index (χ3n) is 3.84. The van der Waals surface area contributed by atoms with Crippen molar-refractivity contribution >= 4 is 29.0 Å². The van der Waals surface area contributed by atoms with Gasteiger partial charge in [0.1, 0.15) is 24.7 Å². The van der Waals surface area contributed by atoms with Crippen LogP contribution in [0.2, 0.25) is 0 Å². The number of aryl methyl sites for hydroxylation is 2. The van der Waals surface area contributed by atoms with Gasteiger partial charge in [0.05, 0.1) is 4.91 Å². The van der Waals surface area contributed by atoms with Crippen molar-refractivity contribution in [3.8, 4) is 11.5 Å². The maximum Gasteiger partial charge on any atom is 0.290 e. The van der Waals surface area contributed by atoms with E-state index in [-0.39, 0.29) is 11.1 Å². The van der Waals surface area contributed by atoms with Crippen LogP contribution in [0, 0.1) is 13.8 Å². The number of hydrogen-bond donors (Lipinski definition) is 1. The van der Waals surface area contributed by atoms with Crippen LogP contribution in [0.1, 0.15) is 16.7 Å². The first-order chi connectivity index (χ1) is 12.5. The molecule has 3 rings (SSSR count). The third kappa shape index (κ3) is 4.26. The van der Waals surface area contributed by atoms with E-state index < -0.39 is 0 Å². The number of hydrogen-bond acceptors (Lipinski definition) is 5. The fourth-order valence-electron chi connectivity index (χ4n) is 2.62. The van der Waals surface area contributed by atoms with E-state index in [9.17, 15) is 9.59 Å². The molecular weight excluding hydrogens is 350 g/mol. The lowest BCUT2D eigenvalue weighted by Gasteiger charge is -2.13. The first kappa shape index (κ1) is 18.1. The van der Waals surface area contributed by atoms with Crippen LogP contribution in [0.3, 0.4) is 0 Å². The minimum Gasteiger partial charge on any atom is -0.489 e. The summed E-state index contributed by atoms with van der Waals surface area (Å²) in [5, 5.41) is 1.88. The Morgan fingerprint density at radius 1 is 0.962 bits per heavy atom. The van der Waals surface area contributed by atoms with Crippen LogP contribution in [-0.2, 0) is 4.79 Å². The van der Waals surface area contributed by atoms with Crippen LogP contribution in [0.15, 0.2) is 47.4 Å². The van der Waals surface area contributed by atoms with Crippen molar-refractivity contribution in [3.05, 3.63) is 64.1 Å². The molecule has 2 aromatic carbocycles. The Kier molecular flexibility index (Phi) is 5.63. The number of thioether (sulfide) groups is 1. The van der Waals surface area contributed by atoms with E-state index in [1.807, 2.05) is 56.3 Å². The molecule has 0 atom stereocenters. The molecule has 0 saturated carbocycles. The molecule has 0 spiro atoms. The smallest absolute Gasteiger partial charge is 0.290 e. The summed E-state index contributed by atoms with van der Waals surface area (Å²) in [5.41, 5.74) is 2.92. The van der Waals surface area contributed by atoms with Gasteiger partial charge in [-0.3, -0.25) is 14.9 Å². The molecule has 0 unspecified atom stereocenters. The number of carbonyl (C=O) groups is 2. The van der Waals surface area contributed by atoms with E-state index in [1.54, 1.807) is 6.08 Å². The minimum atomic E-state index is -0.381. The molecule has 1 heterocycles. The Bertz CT molecular complexity index is 856. The highest BCUT2D eigenvalue weighted by atomic mass is 32.2. The van der Waals surface area contributed by atoms with Crippen molar-refractivity contribution in [2.24, 2.45) is 0 Å². The van der Waals surface area contributed by atoms with Crippen LogP contribution >= 0.6 is 11.8 Å². The van der Waals surface area contributed by atoms with Crippen molar-refractivity contribution in [1.29, 1.82) is 0 Å². The van der Waals surface area contributed by atoms with E-state index in [0.717, 1.165) is 34.2 Å². The Labute approximate surface area is 156 Å². The lowest BCUT2D eigenvalue weighted by molar-refractivity contribution is -0.115. The SMILES string of the molecule is Cc1cccc(C)c1OCCOc1ccccc1/C=C1/SC(=O)NC1=O. The molecule has 1 aliphatic rings. The first-order valence-corrected chi connectivity index (χ1v) is 9.02. The number of benzene rings is 2. The first-order valence-electron chi connectivity index (χ1n) is 8.20. The zero-order chi connectivity index (χ0) is 18.5. The summed E-state index contributed by atoms with van der Waals surface area (Å²) >= 11 is 0.887. The topological polar surface area (TPSA) is 64.6 Å². The van der Waals surface area contributed by atoms with Gasteiger partial charge in [0.25, 0.3) is 11.1 Å². The molecule has 0 bridgehead atoms. The van der Waals surface area contributed by atoms with Crippen LogP contribution in [0.4, 0.5) is 4.79 Å². The van der Waals surface area contributed by atoms with Crippen LogP contribution in [-0.4, -0.2) is 24.4 Å². The van der Waals surface area contributed by atoms with Gasteiger partial charge < -0.3 is 9.47 Å². The number of ether oxygens (including phenoxy) is 2. The molecular formula is C20H19NO4S. The Hall–Kier alpha value is -2.73. The molecule has 26 heavy (non-hydrogen) atoms. The van der Waals surface area contributed by atoms with E-state index in [0.29, 0.717) is 23.9 Å². The van der Waals surface area contributed by atoms with E-state index in [1.165, 1.54) is 0 Å². The summed E-state index contributed by atoms with van der Waals surface area (Å²) in [6.07, 6.45) is 1.66. The second-order valence-corrected chi connectivity index (χ2v) is 6.82. The van der Waals surface area contributed by atoms with Gasteiger partial charge >= 0.3 is 0 Å². The molecule has 5 nitrogen and oxygen atoms in total. The molecule has 1 fully saturated rings. The Balaban J connectivity index is 1.63. The molecule has 0 aromatic heterocycles. The summed E-state index contributed by atoms with van der Waals surface area (Å²) in [7, 11) is 0. The summed E-state index contributed by atoms with van der Waals surface area (Å²) < 4.78 is 11.7. The standard InChI is InChI=1S/C20H19NO4S/c1-13-6-5-7-14(2)18(13)25-11-10-24-16-9-4-3-8-15(16)12-17-19(22)21-20(23)26-17/h3-9,12H,10-11H2,1-2H3,(H,21,22,23)/b17-12+. The van der Waals surface area contributed by atoms with Gasteiger partial charge in [0.2, 0.25) is 0 Å². The lowest BCUT2D eigenvalue weighted by atomic mass is 10.1. The fraction of sp³-hybridized carbons (Fsp3) is 0.200. The number of para-hydroxylation sites is 2. The molecule has 0 radical (unpaired) electrons. The zero-order valence-electron chi connectivity index (χ0n) is 14.6. The molecule has 1 saturated heterocycles. The fourth-order valence-corrected chi connectivity index (χ4v) is 3.29. The Morgan fingerprint density at radius 2 is 1.65 bits per heavy atom. The average Bonchev–Trinajstić information content (AvgIpc) is 2.92. The van der Waals surface area contributed by atoms with Crippen molar-refractivity contribution in [3.63, 3.8) is 0 Å². The van der Waals surface area contributed by atoms with E-state index in [4.69, 9.17) is 9.47 Å². The minimum absolute atomic E-state index is 0.359. The predicted octanol–water partition coefficient (Wildman–Crippen LogP) is 4.09. The number of nitrogens with one attached hydrogen (secondary N) is 1. The second-order valence-electron chi connectivity index (χ2n) is 5.81. The molecule has 1 N–H and O–H groups in total. The number of rotatable bonds is 6. The zero-order valence-corrected chi connectivity index (χ0v) is 15.4. The van der Waals surface area contributed by atoms with Crippen molar-refractivity contribution in [2.75, 3.05) is 13.2 Å². The van der Waals surface area contributed by atoms with Gasteiger partial charge in [0.15, 0.2) is 0 Å². The van der Waals surface area contributed by atoms with Crippen LogP contribution in [0.5, 0.6) is 11.5 Å². The second kappa shape index (κ2) is 8.10. The van der Waals surface area contributed by atoms with Gasteiger partial charge in [-0.05, 0) is 48.9 Å². The predicted molar refractivity (Wildman–Crippen MR) is 102 cm³/mol. The molecule has 1 aliphatic heterocycles. The van der Waals surface area contributed by atoms with Crippen molar-refractivity contribution in [2.45, 2.75) is 13.8 Å². The summed E-state index contributed by atoms with van der Waals surface area (Å²) in [6.45, 7) is 4.79. The maximum absolute atomic E-state index is 11.7. The molecule has 2 amide bonds. The van der Waals surface area contributed by atoms with Crippen LogP contribution in [0.25, 0.3) is 6.08 Å². The number of imide groups is 1. The highest BCUT2D eigenvalue weighted by Crippen LogP contribution is 2.29. The lowest BCUT2D eigenvalue weighted by Crippen LogP contribution is -2.17. The summed E-state index contributed by atoms with van der Waals surface area (Å²) in [4.78, 5) is 23.3. The van der Waals surface area contributed by atoms with Crippen molar-refractivity contribution in [1.82, 2.24) is 5.32 Å². The quantitative estimate of drug-likeness (QED) is 0.614. The highest BCUT2D eigenvalue weighted by molar-refractivity contribution is 8.18. The maximum atomic E-state index is 11.7. The van der Waals surface area contributed by atoms with E-state index in [2.05, 4.69) is 5.32 Å². The van der Waals surface area contributed by atoms with Crippen LogP contribution < -0.4 is 14.8 Å². The highest BCUT2D eigenvalue weighted by Gasteiger charge is 2.25.